The van der Waals surface area contributed by atoms with Gasteiger partial charge >= 0.3 is 5.69 Å². The van der Waals surface area contributed by atoms with Crippen LogP contribution in [0.1, 0.15) is 12.0 Å². The number of H-pyrrole nitrogens is 2. The first kappa shape index (κ1) is 12.2. The maximum atomic E-state index is 11.5. The molecule has 0 unspecified atom stereocenters. The minimum Gasteiger partial charge on any atom is -0.396 e. The van der Waals surface area contributed by atoms with Crippen LogP contribution in [0.5, 0.6) is 0 Å². The van der Waals surface area contributed by atoms with Crippen molar-refractivity contribution in [3.05, 3.63) is 39.4 Å². The van der Waals surface area contributed by atoms with E-state index >= 15 is 0 Å². The molecule has 0 spiro atoms. The van der Waals surface area contributed by atoms with Crippen molar-refractivity contribution in [2.75, 3.05) is 6.61 Å². The van der Waals surface area contributed by atoms with Gasteiger partial charge in [-0.25, -0.2) is 9.78 Å². The van der Waals surface area contributed by atoms with Crippen LogP contribution in [0, 0.1) is 0 Å². The number of aromatic nitrogens is 3. The SMILES string of the molecule is O=c1[nH]c2c(Cl)nc3cccc(CCCO)c3c2[nH]1. The molecule has 19 heavy (non-hydrogen) atoms. The third-order valence-corrected chi connectivity index (χ3v) is 3.41. The molecule has 3 aromatic rings. The Hall–Kier alpha value is -1.85. The van der Waals surface area contributed by atoms with Crippen molar-refractivity contribution in [3.63, 3.8) is 0 Å². The number of aliphatic hydroxyl groups excluding tert-OH is 1. The van der Waals surface area contributed by atoms with Gasteiger partial charge in [-0.2, -0.15) is 0 Å². The molecule has 5 nitrogen and oxygen atoms in total. The van der Waals surface area contributed by atoms with Crippen molar-refractivity contribution < 1.29 is 5.11 Å². The van der Waals surface area contributed by atoms with Crippen LogP contribution in [-0.4, -0.2) is 26.7 Å². The maximum Gasteiger partial charge on any atom is 0.323 e. The highest BCUT2D eigenvalue weighted by Crippen LogP contribution is 2.28. The third-order valence-electron chi connectivity index (χ3n) is 3.13. The summed E-state index contributed by atoms with van der Waals surface area (Å²) in [4.78, 5) is 21.2. The van der Waals surface area contributed by atoms with E-state index in [4.69, 9.17) is 16.7 Å². The number of fused-ring (bicyclic) bond motifs is 3. The largest absolute Gasteiger partial charge is 0.396 e. The summed E-state index contributed by atoms with van der Waals surface area (Å²) in [5.41, 5.74) is 2.67. The van der Waals surface area contributed by atoms with Gasteiger partial charge in [0, 0.05) is 12.0 Å². The smallest absolute Gasteiger partial charge is 0.323 e. The number of hydrogen-bond acceptors (Lipinski definition) is 3. The molecule has 0 atom stereocenters. The first-order valence-electron chi connectivity index (χ1n) is 6.00. The van der Waals surface area contributed by atoms with Gasteiger partial charge in [0.1, 0.15) is 5.52 Å². The zero-order valence-corrected chi connectivity index (χ0v) is 10.8. The van der Waals surface area contributed by atoms with E-state index < -0.39 is 0 Å². The van der Waals surface area contributed by atoms with Crippen molar-refractivity contribution >= 4 is 33.5 Å². The van der Waals surface area contributed by atoms with Crippen LogP contribution in [0.25, 0.3) is 21.9 Å². The Kier molecular flexibility index (Phi) is 3.00. The Morgan fingerprint density at radius 2 is 2.05 bits per heavy atom. The minimum atomic E-state index is -0.303. The highest BCUT2D eigenvalue weighted by atomic mass is 35.5. The molecule has 0 bridgehead atoms. The van der Waals surface area contributed by atoms with Gasteiger partial charge in [0.2, 0.25) is 0 Å². The van der Waals surface area contributed by atoms with E-state index in [0.717, 1.165) is 22.9 Å². The lowest BCUT2D eigenvalue weighted by Gasteiger charge is -2.07. The number of rotatable bonds is 3. The fourth-order valence-corrected chi connectivity index (χ4v) is 2.57. The molecule has 98 valence electrons. The number of nitrogens with one attached hydrogen (secondary N) is 2. The van der Waals surface area contributed by atoms with E-state index in [0.29, 0.717) is 17.5 Å². The topological polar surface area (TPSA) is 81.8 Å². The van der Waals surface area contributed by atoms with Crippen molar-refractivity contribution in [1.82, 2.24) is 15.0 Å². The van der Waals surface area contributed by atoms with Crippen LogP contribution in [0.2, 0.25) is 5.15 Å². The summed E-state index contributed by atoms with van der Waals surface area (Å²) in [5.74, 6) is 0. The van der Waals surface area contributed by atoms with Gasteiger partial charge in [0.15, 0.2) is 5.15 Å². The average molecular weight is 278 g/mol. The van der Waals surface area contributed by atoms with E-state index in [1.54, 1.807) is 0 Å². The van der Waals surface area contributed by atoms with E-state index in [9.17, 15) is 4.79 Å². The van der Waals surface area contributed by atoms with E-state index in [-0.39, 0.29) is 17.4 Å². The fourth-order valence-electron chi connectivity index (χ4n) is 2.33. The second-order valence-corrected chi connectivity index (χ2v) is 4.73. The highest BCUT2D eigenvalue weighted by molar-refractivity contribution is 6.35. The van der Waals surface area contributed by atoms with Gasteiger partial charge in [-0.05, 0) is 24.5 Å². The monoisotopic (exact) mass is 277 g/mol. The molecule has 3 N–H and O–H groups in total. The molecule has 0 aliphatic heterocycles. The number of aromatic amines is 2. The predicted octanol–water partition coefficient (Wildman–Crippen LogP) is 1.98. The minimum absolute atomic E-state index is 0.129. The van der Waals surface area contributed by atoms with Crippen molar-refractivity contribution in [1.29, 1.82) is 0 Å². The number of hydrogen-bond donors (Lipinski definition) is 3. The number of aryl methyl sites for hydroxylation is 1. The summed E-state index contributed by atoms with van der Waals surface area (Å²) in [6, 6.07) is 5.72. The van der Waals surface area contributed by atoms with Crippen molar-refractivity contribution in [2.45, 2.75) is 12.8 Å². The molecule has 0 radical (unpaired) electrons. The number of nitrogens with zero attached hydrogens (tertiary/aromatic N) is 1. The molecule has 0 amide bonds. The molecule has 0 fully saturated rings. The first-order valence-corrected chi connectivity index (χ1v) is 6.38. The van der Waals surface area contributed by atoms with Gasteiger partial charge in [-0.3, -0.25) is 0 Å². The first-order chi connectivity index (χ1) is 9.20. The van der Waals surface area contributed by atoms with Gasteiger partial charge in [0.25, 0.3) is 0 Å². The summed E-state index contributed by atoms with van der Waals surface area (Å²) in [6.45, 7) is 0.129. The van der Waals surface area contributed by atoms with Gasteiger partial charge in [0.05, 0.1) is 11.0 Å². The second-order valence-electron chi connectivity index (χ2n) is 4.37. The van der Waals surface area contributed by atoms with Crippen molar-refractivity contribution in [3.8, 4) is 0 Å². The van der Waals surface area contributed by atoms with Crippen LogP contribution in [0.3, 0.4) is 0 Å². The Bertz CT molecular complexity index is 807. The summed E-state index contributed by atoms with van der Waals surface area (Å²) < 4.78 is 0. The standard InChI is InChI=1S/C13H12ClN3O2/c14-12-11-10(16-13(19)17-11)9-7(4-2-6-18)3-1-5-8(9)15-12/h1,3,5,18H,2,4,6H2,(H2,16,17,19). The lowest BCUT2D eigenvalue weighted by atomic mass is 10.0. The third kappa shape index (κ3) is 2.01. The normalized spacial score (nSPS) is 11.5. The molecule has 6 heteroatoms. The number of pyridine rings is 1. The molecule has 2 aromatic heterocycles. The van der Waals surface area contributed by atoms with Crippen LogP contribution in [0.15, 0.2) is 23.0 Å². The summed E-state index contributed by atoms with van der Waals surface area (Å²) in [6.07, 6.45) is 1.39. The van der Waals surface area contributed by atoms with Crippen LogP contribution < -0.4 is 5.69 Å². The number of aliphatic hydroxyl groups is 1. The number of benzene rings is 1. The van der Waals surface area contributed by atoms with E-state index in [1.165, 1.54) is 0 Å². The molecular weight excluding hydrogens is 266 g/mol. The molecule has 0 aliphatic carbocycles. The molecule has 0 saturated heterocycles. The average Bonchev–Trinajstić information content (AvgIpc) is 2.78. The van der Waals surface area contributed by atoms with Gasteiger partial charge in [-0.1, -0.05) is 23.7 Å². The highest BCUT2D eigenvalue weighted by Gasteiger charge is 2.12. The van der Waals surface area contributed by atoms with Crippen LogP contribution in [-0.2, 0) is 6.42 Å². The van der Waals surface area contributed by atoms with Crippen LogP contribution >= 0.6 is 11.6 Å². The number of halogens is 1. The maximum absolute atomic E-state index is 11.5. The molecular formula is C13H12ClN3O2. The molecule has 0 aliphatic rings. The lowest BCUT2D eigenvalue weighted by molar-refractivity contribution is 0.289. The Morgan fingerprint density at radius 1 is 1.26 bits per heavy atom. The summed E-state index contributed by atoms with van der Waals surface area (Å²) in [5, 5.41) is 10.1. The lowest BCUT2D eigenvalue weighted by Crippen LogP contribution is -1.99. The van der Waals surface area contributed by atoms with Gasteiger partial charge in [-0.15, -0.1) is 0 Å². The molecule has 0 saturated carbocycles. The summed E-state index contributed by atoms with van der Waals surface area (Å²) >= 11 is 6.06. The summed E-state index contributed by atoms with van der Waals surface area (Å²) in [7, 11) is 0. The quantitative estimate of drug-likeness (QED) is 0.640. The van der Waals surface area contributed by atoms with Gasteiger partial charge < -0.3 is 15.1 Å². The fraction of sp³-hybridized carbons (Fsp3) is 0.231. The molecule has 3 rings (SSSR count). The Balaban J connectivity index is 2.39. The van der Waals surface area contributed by atoms with Crippen molar-refractivity contribution in [2.24, 2.45) is 0 Å². The Labute approximate surface area is 113 Å². The second kappa shape index (κ2) is 4.68. The van der Waals surface area contributed by atoms with E-state index in [2.05, 4.69) is 15.0 Å². The zero-order valence-electron chi connectivity index (χ0n) is 10.0. The molecule has 1 aromatic carbocycles. The van der Waals surface area contributed by atoms with Crippen LogP contribution in [0.4, 0.5) is 0 Å². The number of imidazole rings is 1. The molecule has 2 heterocycles. The van der Waals surface area contributed by atoms with E-state index in [1.807, 2.05) is 18.2 Å². The zero-order chi connectivity index (χ0) is 13.4. The Morgan fingerprint density at radius 3 is 2.84 bits per heavy atom. The predicted molar refractivity (Wildman–Crippen MR) is 74.6 cm³/mol.